The largest absolute Gasteiger partial charge is 0.481 e. The maximum atomic E-state index is 5.20. The second-order valence-electron chi connectivity index (χ2n) is 4.07. The first-order valence-electron chi connectivity index (χ1n) is 5.41. The van der Waals surface area contributed by atoms with Gasteiger partial charge in [-0.1, -0.05) is 6.92 Å². The van der Waals surface area contributed by atoms with Gasteiger partial charge in [0.1, 0.15) is 6.33 Å². The number of rotatable bonds is 5. The lowest BCUT2D eigenvalue weighted by molar-refractivity contribution is 0.359. The molecule has 0 spiro atoms. The number of methoxy groups -OCH3 is 2. The predicted octanol–water partition coefficient (Wildman–Crippen LogP) is 0.992. The van der Waals surface area contributed by atoms with E-state index in [0.29, 0.717) is 24.3 Å². The first-order valence-corrected chi connectivity index (χ1v) is 5.41. The number of aromatic nitrogens is 2. The maximum absolute atomic E-state index is 5.20. The standard InChI is InChI=1S/C11H17N3O2/c1-7-4-9(7)12-5-8-10(15-2)13-6-14-11(8)16-3/h6-7,9,12H,4-5H2,1-3H3. The van der Waals surface area contributed by atoms with Crippen molar-refractivity contribution in [3.8, 4) is 11.8 Å². The van der Waals surface area contributed by atoms with Gasteiger partial charge in [-0.25, -0.2) is 9.97 Å². The fourth-order valence-electron chi connectivity index (χ4n) is 1.72. The van der Waals surface area contributed by atoms with Gasteiger partial charge in [-0.05, 0) is 12.3 Å². The van der Waals surface area contributed by atoms with E-state index in [9.17, 15) is 0 Å². The van der Waals surface area contributed by atoms with Crippen LogP contribution in [0, 0.1) is 5.92 Å². The summed E-state index contributed by atoms with van der Waals surface area (Å²) in [6.07, 6.45) is 2.68. The van der Waals surface area contributed by atoms with E-state index >= 15 is 0 Å². The van der Waals surface area contributed by atoms with Crippen LogP contribution < -0.4 is 14.8 Å². The van der Waals surface area contributed by atoms with Gasteiger partial charge in [-0.2, -0.15) is 0 Å². The van der Waals surface area contributed by atoms with Gasteiger partial charge in [-0.3, -0.25) is 0 Å². The average Bonchev–Trinajstić information content (AvgIpc) is 3.02. The highest BCUT2D eigenvalue weighted by Gasteiger charge is 2.32. The number of hydrogen-bond donors (Lipinski definition) is 1. The summed E-state index contributed by atoms with van der Waals surface area (Å²) >= 11 is 0. The Morgan fingerprint density at radius 3 is 2.31 bits per heavy atom. The Bertz CT molecular complexity index is 348. The molecule has 1 aromatic rings. The Morgan fingerprint density at radius 2 is 1.88 bits per heavy atom. The second kappa shape index (κ2) is 4.65. The summed E-state index contributed by atoms with van der Waals surface area (Å²) in [5.74, 6) is 1.92. The predicted molar refractivity (Wildman–Crippen MR) is 59.5 cm³/mol. The molecule has 0 aromatic carbocycles. The van der Waals surface area contributed by atoms with Crippen molar-refractivity contribution in [3.05, 3.63) is 11.9 Å². The lowest BCUT2D eigenvalue weighted by Gasteiger charge is -2.11. The number of hydrogen-bond acceptors (Lipinski definition) is 5. The van der Waals surface area contributed by atoms with Gasteiger partial charge in [0.25, 0.3) is 0 Å². The molecule has 1 N–H and O–H groups in total. The molecule has 2 unspecified atom stereocenters. The highest BCUT2D eigenvalue weighted by Crippen LogP contribution is 2.31. The molecule has 0 amide bonds. The van der Waals surface area contributed by atoms with E-state index < -0.39 is 0 Å². The van der Waals surface area contributed by atoms with Crippen molar-refractivity contribution in [1.82, 2.24) is 15.3 Å². The smallest absolute Gasteiger partial charge is 0.224 e. The summed E-state index contributed by atoms with van der Waals surface area (Å²) in [5.41, 5.74) is 0.881. The van der Waals surface area contributed by atoms with E-state index in [1.54, 1.807) is 14.2 Å². The first-order chi connectivity index (χ1) is 7.76. The molecule has 0 aliphatic heterocycles. The molecule has 1 aromatic heterocycles. The molecule has 2 rings (SSSR count). The Balaban J connectivity index is 2.09. The van der Waals surface area contributed by atoms with Crippen molar-refractivity contribution >= 4 is 0 Å². The van der Waals surface area contributed by atoms with Crippen molar-refractivity contribution in [1.29, 1.82) is 0 Å². The minimum atomic E-state index is 0.577. The van der Waals surface area contributed by atoms with Crippen molar-refractivity contribution in [2.75, 3.05) is 14.2 Å². The number of nitrogens with zero attached hydrogens (tertiary/aromatic N) is 2. The van der Waals surface area contributed by atoms with Crippen LogP contribution in [0.5, 0.6) is 11.8 Å². The Morgan fingerprint density at radius 1 is 1.31 bits per heavy atom. The van der Waals surface area contributed by atoms with Gasteiger partial charge in [0, 0.05) is 12.6 Å². The zero-order valence-electron chi connectivity index (χ0n) is 9.86. The Labute approximate surface area is 95.2 Å². The maximum Gasteiger partial charge on any atom is 0.224 e. The van der Waals surface area contributed by atoms with Crippen molar-refractivity contribution in [3.63, 3.8) is 0 Å². The summed E-state index contributed by atoms with van der Waals surface area (Å²) < 4.78 is 10.4. The third-order valence-electron chi connectivity index (χ3n) is 2.90. The zero-order chi connectivity index (χ0) is 11.5. The molecule has 5 nitrogen and oxygen atoms in total. The van der Waals surface area contributed by atoms with Gasteiger partial charge in [0.2, 0.25) is 11.8 Å². The van der Waals surface area contributed by atoms with E-state index in [1.807, 2.05) is 0 Å². The minimum absolute atomic E-state index is 0.577. The molecule has 16 heavy (non-hydrogen) atoms. The van der Waals surface area contributed by atoms with Crippen molar-refractivity contribution in [2.45, 2.75) is 25.9 Å². The molecule has 2 atom stereocenters. The van der Waals surface area contributed by atoms with E-state index in [2.05, 4.69) is 22.2 Å². The summed E-state index contributed by atoms with van der Waals surface area (Å²) in [6, 6.07) is 0.606. The molecule has 1 aliphatic carbocycles. The third kappa shape index (κ3) is 2.24. The van der Waals surface area contributed by atoms with E-state index in [4.69, 9.17) is 9.47 Å². The lowest BCUT2D eigenvalue weighted by atomic mass is 10.3. The Hall–Kier alpha value is -1.36. The molecular weight excluding hydrogens is 206 g/mol. The monoisotopic (exact) mass is 223 g/mol. The Kier molecular flexibility index (Phi) is 3.24. The van der Waals surface area contributed by atoms with Gasteiger partial charge in [-0.15, -0.1) is 0 Å². The topological polar surface area (TPSA) is 56.3 Å². The molecule has 88 valence electrons. The second-order valence-corrected chi connectivity index (χ2v) is 4.07. The van der Waals surface area contributed by atoms with Crippen LogP contribution in [0.15, 0.2) is 6.33 Å². The number of nitrogens with one attached hydrogen (secondary N) is 1. The van der Waals surface area contributed by atoms with Crippen LogP contribution in [0.3, 0.4) is 0 Å². The molecular formula is C11H17N3O2. The molecule has 1 fully saturated rings. The van der Waals surface area contributed by atoms with Crippen LogP contribution in [0.25, 0.3) is 0 Å². The van der Waals surface area contributed by atoms with Crippen LogP contribution in [0.1, 0.15) is 18.9 Å². The van der Waals surface area contributed by atoms with Gasteiger partial charge in [0.15, 0.2) is 0 Å². The lowest BCUT2D eigenvalue weighted by Crippen LogP contribution is -2.18. The first kappa shape index (κ1) is 11.1. The summed E-state index contributed by atoms with van der Waals surface area (Å²) in [6.45, 7) is 2.91. The summed E-state index contributed by atoms with van der Waals surface area (Å²) in [4.78, 5) is 8.14. The highest BCUT2D eigenvalue weighted by molar-refractivity contribution is 5.34. The average molecular weight is 223 g/mol. The molecule has 0 saturated heterocycles. The molecule has 0 radical (unpaired) electrons. The van der Waals surface area contributed by atoms with Crippen LogP contribution in [-0.4, -0.2) is 30.2 Å². The van der Waals surface area contributed by atoms with Crippen molar-refractivity contribution in [2.24, 2.45) is 5.92 Å². The van der Waals surface area contributed by atoms with Crippen LogP contribution in [-0.2, 0) is 6.54 Å². The van der Waals surface area contributed by atoms with Crippen LogP contribution >= 0.6 is 0 Å². The fraction of sp³-hybridized carbons (Fsp3) is 0.636. The molecule has 1 aliphatic rings. The highest BCUT2D eigenvalue weighted by atomic mass is 16.5. The third-order valence-corrected chi connectivity index (χ3v) is 2.90. The van der Waals surface area contributed by atoms with Gasteiger partial charge < -0.3 is 14.8 Å². The van der Waals surface area contributed by atoms with Gasteiger partial charge in [0.05, 0.1) is 19.8 Å². The van der Waals surface area contributed by atoms with Crippen LogP contribution in [0.4, 0.5) is 0 Å². The van der Waals surface area contributed by atoms with Crippen molar-refractivity contribution < 1.29 is 9.47 Å². The minimum Gasteiger partial charge on any atom is -0.481 e. The molecule has 1 saturated carbocycles. The SMILES string of the molecule is COc1ncnc(OC)c1CNC1CC1C. The van der Waals surface area contributed by atoms with Gasteiger partial charge >= 0.3 is 0 Å². The molecule has 1 heterocycles. The van der Waals surface area contributed by atoms with Crippen LogP contribution in [0.2, 0.25) is 0 Å². The molecule has 0 bridgehead atoms. The quantitative estimate of drug-likeness (QED) is 0.806. The summed E-state index contributed by atoms with van der Waals surface area (Å²) in [5, 5.41) is 3.43. The zero-order valence-corrected chi connectivity index (χ0v) is 9.86. The summed E-state index contributed by atoms with van der Waals surface area (Å²) in [7, 11) is 3.20. The number of ether oxygens (including phenoxy) is 2. The van der Waals surface area contributed by atoms with E-state index in [-0.39, 0.29) is 0 Å². The van der Waals surface area contributed by atoms with E-state index in [0.717, 1.165) is 11.5 Å². The van der Waals surface area contributed by atoms with E-state index in [1.165, 1.54) is 12.7 Å². The molecule has 5 heteroatoms. The normalized spacial score (nSPS) is 22.9. The fourth-order valence-corrected chi connectivity index (χ4v) is 1.72.